The second-order valence-electron chi connectivity index (χ2n) is 9.50. The highest BCUT2D eigenvalue weighted by Crippen LogP contribution is 2.20. The maximum Gasteiger partial charge on any atom is 0.407 e. The van der Waals surface area contributed by atoms with Crippen LogP contribution in [0.1, 0.15) is 57.6 Å². The van der Waals surface area contributed by atoms with Crippen LogP contribution >= 0.6 is 0 Å². The van der Waals surface area contributed by atoms with Gasteiger partial charge < -0.3 is 25.0 Å². The first-order valence-corrected chi connectivity index (χ1v) is 13.0. The van der Waals surface area contributed by atoms with Crippen LogP contribution in [0.25, 0.3) is 0 Å². The molecule has 0 bridgehead atoms. The van der Waals surface area contributed by atoms with E-state index in [9.17, 15) is 15.0 Å². The zero-order chi connectivity index (χ0) is 26.2. The summed E-state index contributed by atoms with van der Waals surface area (Å²) in [5, 5.41) is 24.2. The van der Waals surface area contributed by atoms with E-state index in [2.05, 4.69) is 12.2 Å². The maximum atomic E-state index is 12.2. The summed E-state index contributed by atoms with van der Waals surface area (Å²) in [6.07, 6.45) is 5.11. The van der Waals surface area contributed by atoms with Crippen molar-refractivity contribution in [3.05, 3.63) is 83.9 Å². The SMILES string of the molecule is CCC[C@H](/C=C\CC[C@@H](O)[C@@H](C)[C@H](O)[C@H](C)COCc1ccccc1)NC(=O)OCc1ccccc1. The molecule has 0 spiro atoms. The van der Waals surface area contributed by atoms with E-state index in [0.29, 0.717) is 26.1 Å². The number of aliphatic hydroxyl groups excluding tert-OH is 2. The molecule has 0 aliphatic carbocycles. The number of nitrogens with one attached hydrogen (secondary N) is 1. The summed E-state index contributed by atoms with van der Waals surface area (Å²) in [5.74, 6) is -0.361. The minimum Gasteiger partial charge on any atom is -0.445 e. The van der Waals surface area contributed by atoms with Gasteiger partial charge in [-0.15, -0.1) is 0 Å². The highest BCUT2D eigenvalue weighted by atomic mass is 16.5. The number of hydrogen-bond donors (Lipinski definition) is 3. The van der Waals surface area contributed by atoms with E-state index >= 15 is 0 Å². The largest absolute Gasteiger partial charge is 0.445 e. The molecule has 1 amide bonds. The molecule has 2 aromatic carbocycles. The second kappa shape index (κ2) is 16.9. The number of benzene rings is 2. The van der Waals surface area contributed by atoms with Crippen LogP contribution in [0, 0.1) is 11.8 Å². The van der Waals surface area contributed by atoms with Crippen LogP contribution in [-0.4, -0.2) is 41.2 Å². The summed E-state index contributed by atoms with van der Waals surface area (Å²) in [6.45, 7) is 7.05. The molecule has 2 aromatic rings. The third-order valence-electron chi connectivity index (χ3n) is 6.33. The smallest absolute Gasteiger partial charge is 0.407 e. The van der Waals surface area contributed by atoms with Gasteiger partial charge in [0.1, 0.15) is 6.61 Å². The minimum absolute atomic E-state index is 0.0889. The van der Waals surface area contributed by atoms with Gasteiger partial charge in [-0.1, -0.05) is 100 Å². The molecule has 0 fully saturated rings. The molecule has 3 N–H and O–H groups in total. The molecule has 6 nitrogen and oxygen atoms in total. The number of amides is 1. The second-order valence-corrected chi connectivity index (χ2v) is 9.50. The lowest BCUT2D eigenvalue weighted by Gasteiger charge is -2.28. The van der Waals surface area contributed by atoms with Gasteiger partial charge in [0.25, 0.3) is 0 Å². The van der Waals surface area contributed by atoms with E-state index < -0.39 is 18.3 Å². The quantitative estimate of drug-likeness (QED) is 0.262. The Morgan fingerprint density at radius 3 is 2.17 bits per heavy atom. The lowest BCUT2D eigenvalue weighted by molar-refractivity contribution is -0.0359. The monoisotopic (exact) mass is 497 g/mol. The van der Waals surface area contributed by atoms with Crippen molar-refractivity contribution in [2.75, 3.05) is 6.61 Å². The van der Waals surface area contributed by atoms with Crippen molar-refractivity contribution >= 4 is 6.09 Å². The van der Waals surface area contributed by atoms with Crippen LogP contribution in [0.15, 0.2) is 72.8 Å². The molecule has 0 aromatic heterocycles. The molecule has 0 aliphatic rings. The molecule has 198 valence electrons. The molecule has 5 atom stereocenters. The summed E-state index contributed by atoms with van der Waals surface area (Å²) >= 11 is 0. The van der Waals surface area contributed by atoms with Crippen molar-refractivity contribution in [3.63, 3.8) is 0 Å². The van der Waals surface area contributed by atoms with Crippen molar-refractivity contribution in [2.24, 2.45) is 11.8 Å². The van der Waals surface area contributed by atoms with Crippen molar-refractivity contribution in [2.45, 2.75) is 77.9 Å². The van der Waals surface area contributed by atoms with Crippen LogP contribution in [-0.2, 0) is 22.7 Å². The first-order valence-electron chi connectivity index (χ1n) is 13.0. The fourth-order valence-corrected chi connectivity index (χ4v) is 4.02. The van der Waals surface area contributed by atoms with Crippen LogP contribution < -0.4 is 5.32 Å². The fraction of sp³-hybridized carbons (Fsp3) is 0.500. The summed E-state index contributed by atoms with van der Waals surface area (Å²) < 4.78 is 11.1. The third kappa shape index (κ3) is 11.4. The van der Waals surface area contributed by atoms with Gasteiger partial charge in [-0.25, -0.2) is 4.79 Å². The molecule has 0 aliphatic heterocycles. The Kier molecular flexibility index (Phi) is 13.9. The number of alkyl carbamates (subject to hydrolysis) is 1. The zero-order valence-corrected chi connectivity index (χ0v) is 21.9. The number of carbonyl (C=O) groups excluding carboxylic acids is 1. The lowest BCUT2D eigenvalue weighted by atomic mass is 9.88. The van der Waals surface area contributed by atoms with Gasteiger partial charge in [0.05, 0.1) is 31.5 Å². The first-order chi connectivity index (χ1) is 17.4. The Labute approximate surface area is 216 Å². The van der Waals surface area contributed by atoms with Crippen LogP contribution in [0.4, 0.5) is 4.79 Å². The number of carbonyl (C=O) groups is 1. The van der Waals surface area contributed by atoms with E-state index in [1.807, 2.05) is 86.7 Å². The van der Waals surface area contributed by atoms with Crippen LogP contribution in [0.3, 0.4) is 0 Å². The highest BCUT2D eigenvalue weighted by molar-refractivity contribution is 5.67. The Morgan fingerprint density at radius 2 is 1.56 bits per heavy atom. The normalized spacial score (nSPS) is 15.7. The average molecular weight is 498 g/mol. The molecule has 0 saturated carbocycles. The van der Waals surface area contributed by atoms with Crippen LogP contribution in [0.2, 0.25) is 0 Å². The van der Waals surface area contributed by atoms with Gasteiger partial charge in [-0.3, -0.25) is 0 Å². The van der Waals surface area contributed by atoms with Gasteiger partial charge in [0.2, 0.25) is 0 Å². The standard InChI is InChI=1S/C30H43NO5/c1-4-13-27(31-30(34)36-22-26-16-9-6-10-17-26)18-11-12-19-28(32)24(3)29(33)23(2)20-35-21-25-14-7-5-8-15-25/h5-11,14-18,23-24,27-29,32-33H,4,12-13,19-22H2,1-3H3,(H,31,34)/b18-11-/t23-,24-,27-,28-,29-/m1/s1. The van der Waals surface area contributed by atoms with Crippen molar-refractivity contribution in [1.82, 2.24) is 5.32 Å². The van der Waals surface area contributed by atoms with Gasteiger partial charge in [0, 0.05) is 11.8 Å². The van der Waals surface area contributed by atoms with E-state index in [0.717, 1.165) is 24.0 Å². The maximum absolute atomic E-state index is 12.2. The van der Waals surface area contributed by atoms with Crippen LogP contribution in [0.5, 0.6) is 0 Å². The number of hydrogen-bond acceptors (Lipinski definition) is 5. The molecule has 36 heavy (non-hydrogen) atoms. The molecular weight excluding hydrogens is 454 g/mol. The fourth-order valence-electron chi connectivity index (χ4n) is 4.02. The zero-order valence-electron chi connectivity index (χ0n) is 21.9. The van der Waals surface area contributed by atoms with Gasteiger partial charge in [-0.2, -0.15) is 0 Å². The number of rotatable bonds is 16. The number of ether oxygens (including phenoxy) is 2. The molecule has 0 heterocycles. The Bertz CT molecular complexity index is 873. The molecule has 0 radical (unpaired) electrons. The van der Waals surface area contributed by atoms with Crippen molar-refractivity contribution in [3.8, 4) is 0 Å². The summed E-state index contributed by atoms with van der Waals surface area (Å²) in [5.41, 5.74) is 2.04. The van der Waals surface area contributed by atoms with E-state index in [-0.39, 0.29) is 24.5 Å². The Balaban J connectivity index is 1.69. The van der Waals surface area contributed by atoms with Gasteiger partial charge in [0.15, 0.2) is 0 Å². The Morgan fingerprint density at radius 1 is 0.944 bits per heavy atom. The lowest BCUT2D eigenvalue weighted by Crippen LogP contribution is -2.36. The summed E-state index contributed by atoms with van der Waals surface area (Å²) in [7, 11) is 0. The molecule has 2 rings (SSSR count). The number of aliphatic hydroxyl groups is 2. The average Bonchev–Trinajstić information content (AvgIpc) is 2.90. The predicted molar refractivity (Wildman–Crippen MR) is 143 cm³/mol. The molecule has 0 saturated heterocycles. The van der Waals surface area contributed by atoms with E-state index in [1.165, 1.54) is 0 Å². The topological polar surface area (TPSA) is 88.0 Å². The van der Waals surface area contributed by atoms with Gasteiger partial charge >= 0.3 is 6.09 Å². The molecule has 6 heteroatoms. The van der Waals surface area contributed by atoms with E-state index in [4.69, 9.17) is 9.47 Å². The molecule has 0 unspecified atom stereocenters. The van der Waals surface area contributed by atoms with Crippen molar-refractivity contribution < 1.29 is 24.5 Å². The minimum atomic E-state index is -0.659. The molecular formula is C30H43NO5. The highest BCUT2D eigenvalue weighted by Gasteiger charge is 2.26. The van der Waals surface area contributed by atoms with Gasteiger partial charge in [-0.05, 0) is 30.4 Å². The number of allylic oxidation sites excluding steroid dienone is 1. The Hall–Kier alpha value is -2.67. The third-order valence-corrected chi connectivity index (χ3v) is 6.33. The summed E-state index contributed by atoms with van der Waals surface area (Å²) in [4.78, 5) is 12.2. The predicted octanol–water partition coefficient (Wildman–Crippen LogP) is 5.63. The van der Waals surface area contributed by atoms with E-state index in [1.54, 1.807) is 0 Å². The summed E-state index contributed by atoms with van der Waals surface area (Å²) in [6, 6.07) is 19.4. The first kappa shape index (κ1) is 29.6. The van der Waals surface area contributed by atoms with Crippen molar-refractivity contribution in [1.29, 1.82) is 0 Å².